The molecule has 1 aromatic carbocycles. The summed E-state index contributed by atoms with van der Waals surface area (Å²) >= 11 is 1.64. The van der Waals surface area contributed by atoms with Crippen LogP contribution in [0.1, 0.15) is 40.7 Å². The first-order chi connectivity index (χ1) is 13.8. The van der Waals surface area contributed by atoms with Crippen molar-refractivity contribution in [3.8, 4) is 0 Å². The summed E-state index contributed by atoms with van der Waals surface area (Å²) in [7, 11) is 0. The van der Waals surface area contributed by atoms with Gasteiger partial charge in [-0.15, -0.1) is 11.3 Å². The number of amides is 1. The fraction of sp³-hybridized carbons (Fsp3) is 0.381. The lowest BCUT2D eigenvalue weighted by Crippen LogP contribution is -2.32. The van der Waals surface area contributed by atoms with Gasteiger partial charge in [-0.1, -0.05) is 30.3 Å². The van der Waals surface area contributed by atoms with E-state index in [1.54, 1.807) is 17.5 Å². The van der Waals surface area contributed by atoms with Crippen molar-refractivity contribution in [3.05, 3.63) is 69.9 Å². The normalized spacial score (nSPS) is 16.8. The van der Waals surface area contributed by atoms with Gasteiger partial charge in [0.1, 0.15) is 6.54 Å². The molecule has 4 rings (SSSR count). The molecule has 28 heavy (non-hydrogen) atoms. The largest absolute Gasteiger partial charge is 0.349 e. The van der Waals surface area contributed by atoms with Crippen molar-refractivity contribution >= 4 is 17.2 Å². The molecule has 1 fully saturated rings. The Labute approximate surface area is 169 Å². The van der Waals surface area contributed by atoms with Crippen molar-refractivity contribution in [2.24, 2.45) is 0 Å². The van der Waals surface area contributed by atoms with Gasteiger partial charge in [0, 0.05) is 36.2 Å². The van der Waals surface area contributed by atoms with Crippen molar-refractivity contribution in [1.29, 1.82) is 0 Å². The van der Waals surface area contributed by atoms with Crippen LogP contribution in [0, 0.1) is 0 Å². The molecule has 3 aromatic rings. The molecule has 0 saturated carbocycles. The third-order valence-corrected chi connectivity index (χ3v) is 5.92. The fourth-order valence-electron chi connectivity index (χ4n) is 3.59. The Morgan fingerprint density at radius 1 is 1.29 bits per heavy atom. The van der Waals surface area contributed by atoms with E-state index in [1.165, 1.54) is 5.56 Å². The van der Waals surface area contributed by atoms with Crippen LogP contribution in [-0.2, 0) is 24.3 Å². The molecule has 1 amide bonds. The average Bonchev–Trinajstić information content (AvgIpc) is 3.37. The predicted molar refractivity (Wildman–Crippen MR) is 110 cm³/mol. The van der Waals surface area contributed by atoms with E-state index in [1.807, 2.05) is 34.3 Å². The molecule has 7 heteroatoms. The third kappa shape index (κ3) is 4.85. The number of piperidine rings is 1. The second-order valence-electron chi connectivity index (χ2n) is 7.13. The highest BCUT2D eigenvalue weighted by atomic mass is 32.1. The Balaban J connectivity index is 1.29. The van der Waals surface area contributed by atoms with Crippen LogP contribution >= 0.6 is 11.3 Å². The quantitative estimate of drug-likeness (QED) is 0.645. The molecule has 6 nitrogen and oxygen atoms in total. The van der Waals surface area contributed by atoms with E-state index < -0.39 is 0 Å². The monoisotopic (exact) mass is 395 g/mol. The van der Waals surface area contributed by atoms with Crippen LogP contribution in [0.2, 0.25) is 0 Å². The minimum absolute atomic E-state index is 0.0358. The van der Waals surface area contributed by atoms with Gasteiger partial charge < -0.3 is 10.6 Å². The molecular formula is C21H25N5OS. The Morgan fingerprint density at radius 3 is 3.00 bits per heavy atom. The van der Waals surface area contributed by atoms with Gasteiger partial charge in [0.25, 0.3) is 0 Å². The van der Waals surface area contributed by atoms with E-state index >= 15 is 0 Å². The Hall–Kier alpha value is -2.51. The Bertz CT molecular complexity index is 898. The first kappa shape index (κ1) is 18.8. The lowest BCUT2D eigenvalue weighted by molar-refractivity contribution is -0.122. The van der Waals surface area contributed by atoms with Crippen LogP contribution in [-0.4, -0.2) is 33.8 Å². The summed E-state index contributed by atoms with van der Waals surface area (Å²) in [6.45, 7) is 2.73. The van der Waals surface area contributed by atoms with Crippen LogP contribution in [0.25, 0.3) is 0 Å². The zero-order chi connectivity index (χ0) is 19.2. The molecule has 1 saturated heterocycles. The van der Waals surface area contributed by atoms with E-state index in [2.05, 4.69) is 32.8 Å². The summed E-state index contributed by atoms with van der Waals surface area (Å²) in [5, 5.41) is 13.8. The first-order valence-corrected chi connectivity index (χ1v) is 10.6. The lowest BCUT2D eigenvalue weighted by atomic mass is 9.96. The zero-order valence-corrected chi connectivity index (χ0v) is 16.6. The van der Waals surface area contributed by atoms with Crippen LogP contribution in [0.5, 0.6) is 0 Å². The Morgan fingerprint density at radius 2 is 2.18 bits per heavy atom. The first-order valence-electron chi connectivity index (χ1n) is 9.74. The molecule has 0 radical (unpaired) electrons. The van der Waals surface area contributed by atoms with Gasteiger partial charge in [-0.05, 0) is 31.0 Å². The van der Waals surface area contributed by atoms with Gasteiger partial charge in [0.15, 0.2) is 0 Å². The molecular weight excluding hydrogens is 370 g/mol. The summed E-state index contributed by atoms with van der Waals surface area (Å²) in [6.07, 6.45) is 4.92. The topological polar surface area (TPSA) is 71.8 Å². The number of benzene rings is 1. The summed E-state index contributed by atoms with van der Waals surface area (Å²) in [5.41, 5.74) is 3.29. The molecule has 1 aliphatic heterocycles. The van der Waals surface area contributed by atoms with Crippen molar-refractivity contribution in [2.75, 3.05) is 13.1 Å². The summed E-state index contributed by atoms with van der Waals surface area (Å²) in [4.78, 5) is 17.0. The van der Waals surface area contributed by atoms with Crippen LogP contribution < -0.4 is 10.6 Å². The third-order valence-electron chi connectivity index (χ3n) is 5.02. The van der Waals surface area contributed by atoms with E-state index in [-0.39, 0.29) is 12.5 Å². The van der Waals surface area contributed by atoms with Gasteiger partial charge in [-0.25, -0.2) is 4.98 Å². The maximum atomic E-state index is 12.4. The van der Waals surface area contributed by atoms with Crippen LogP contribution in [0.3, 0.4) is 0 Å². The number of nitrogens with one attached hydrogen (secondary N) is 2. The molecule has 0 unspecified atom stereocenters. The number of carbonyl (C=O) groups is 1. The molecule has 0 spiro atoms. The van der Waals surface area contributed by atoms with Gasteiger partial charge in [0.05, 0.1) is 17.2 Å². The minimum atomic E-state index is -0.0358. The fourth-order valence-corrected chi connectivity index (χ4v) is 4.42. The van der Waals surface area contributed by atoms with E-state index in [4.69, 9.17) is 0 Å². The van der Waals surface area contributed by atoms with E-state index in [0.29, 0.717) is 12.5 Å². The van der Waals surface area contributed by atoms with Crippen molar-refractivity contribution in [1.82, 2.24) is 25.4 Å². The maximum Gasteiger partial charge on any atom is 0.242 e. The van der Waals surface area contributed by atoms with Crippen molar-refractivity contribution in [3.63, 3.8) is 0 Å². The number of thiazole rings is 1. The van der Waals surface area contributed by atoms with E-state index in [0.717, 1.165) is 48.7 Å². The molecule has 1 atom stereocenters. The van der Waals surface area contributed by atoms with Gasteiger partial charge in [0.2, 0.25) is 5.91 Å². The SMILES string of the molecule is O=C(Cn1nccc1[C@H]1CCCNC1)NCc1csc(Cc2ccccc2)n1. The molecule has 0 aliphatic carbocycles. The van der Waals surface area contributed by atoms with E-state index in [9.17, 15) is 4.79 Å². The highest BCUT2D eigenvalue weighted by molar-refractivity contribution is 7.09. The molecule has 2 aromatic heterocycles. The van der Waals surface area contributed by atoms with Crippen molar-refractivity contribution in [2.45, 2.75) is 38.3 Å². The summed E-state index contributed by atoms with van der Waals surface area (Å²) < 4.78 is 1.83. The summed E-state index contributed by atoms with van der Waals surface area (Å²) in [5.74, 6) is 0.398. The molecule has 2 N–H and O–H groups in total. The van der Waals surface area contributed by atoms with Gasteiger partial charge in [-0.2, -0.15) is 5.10 Å². The number of carbonyl (C=O) groups excluding carboxylic acids is 1. The average molecular weight is 396 g/mol. The second-order valence-corrected chi connectivity index (χ2v) is 8.07. The lowest BCUT2D eigenvalue weighted by Gasteiger charge is -2.23. The standard InChI is InChI=1S/C21H25N5OS/c27-20(14-26-19(8-10-24-26)17-7-4-9-22-12-17)23-13-18-15-28-21(25-18)11-16-5-2-1-3-6-16/h1-3,5-6,8,10,15,17,22H,4,7,9,11-14H2,(H,23,27)/t17-/m0/s1. The zero-order valence-electron chi connectivity index (χ0n) is 15.8. The maximum absolute atomic E-state index is 12.4. The highest BCUT2D eigenvalue weighted by Gasteiger charge is 2.19. The number of aromatic nitrogens is 3. The Kier molecular flexibility index (Phi) is 6.14. The highest BCUT2D eigenvalue weighted by Crippen LogP contribution is 2.22. The number of nitrogens with zero attached hydrogens (tertiary/aromatic N) is 3. The second kappa shape index (κ2) is 9.12. The minimum Gasteiger partial charge on any atom is -0.349 e. The number of rotatable bonds is 7. The van der Waals surface area contributed by atoms with Gasteiger partial charge in [-0.3, -0.25) is 9.48 Å². The van der Waals surface area contributed by atoms with Gasteiger partial charge >= 0.3 is 0 Å². The smallest absolute Gasteiger partial charge is 0.242 e. The molecule has 0 bridgehead atoms. The molecule has 1 aliphatic rings. The molecule has 3 heterocycles. The number of hydrogen-bond donors (Lipinski definition) is 2. The summed E-state index contributed by atoms with van der Waals surface area (Å²) in [6, 6.07) is 12.3. The van der Waals surface area contributed by atoms with Crippen molar-refractivity contribution < 1.29 is 4.79 Å². The molecule has 146 valence electrons. The predicted octanol–water partition coefficient (Wildman–Crippen LogP) is 2.71. The number of hydrogen-bond acceptors (Lipinski definition) is 5. The van der Waals surface area contributed by atoms with Crippen LogP contribution in [0.15, 0.2) is 48.0 Å². The van der Waals surface area contributed by atoms with Crippen LogP contribution in [0.4, 0.5) is 0 Å².